The summed E-state index contributed by atoms with van der Waals surface area (Å²) in [5, 5.41) is 0. The second kappa shape index (κ2) is 49.9. The van der Waals surface area contributed by atoms with E-state index in [-0.39, 0.29) is 12.6 Å². The van der Waals surface area contributed by atoms with Gasteiger partial charge in [-0.25, -0.2) is 0 Å². The Morgan fingerprint density at radius 1 is 0.288 bits per heavy atom. The van der Waals surface area contributed by atoms with Crippen LogP contribution in [-0.4, -0.2) is 64.8 Å². The van der Waals surface area contributed by atoms with Crippen LogP contribution in [0.4, 0.5) is 0 Å². The molecule has 59 heavy (non-hydrogen) atoms. The molecule has 0 saturated heterocycles. The highest BCUT2D eigenvalue weighted by atomic mass is 16.8. The van der Waals surface area contributed by atoms with Crippen molar-refractivity contribution >= 4 is 0 Å². The third kappa shape index (κ3) is 43.6. The Labute approximate surface area is 368 Å². The Morgan fingerprint density at radius 2 is 0.525 bits per heavy atom. The minimum absolute atomic E-state index is 0.174. The molecule has 0 amide bonds. The van der Waals surface area contributed by atoms with E-state index in [0.29, 0.717) is 13.2 Å². The first-order chi connectivity index (χ1) is 29.1. The molecule has 0 aromatic rings. The van der Waals surface area contributed by atoms with E-state index in [0.717, 1.165) is 90.6 Å². The van der Waals surface area contributed by atoms with Crippen LogP contribution in [0.15, 0.2) is 24.3 Å². The standard InChI is InChI=1S/C52H102O7/c1-7-13-19-25-35-43-53-49(54-44-36-26-20-14-8-2)39-29-31-41-51(57-47-33-23-17-11-5)59-52(58-48-34-24-18-12-6)42-32-30-40-50(55-45-37-27-21-15-9-3)56-46-38-28-22-16-10-4/h31-32,41-42,49-52H,7-30,33-40,43-48H2,1-6H3. The van der Waals surface area contributed by atoms with Crippen LogP contribution in [0, 0.1) is 0 Å². The van der Waals surface area contributed by atoms with Crippen LogP contribution in [0.3, 0.4) is 0 Å². The molecule has 0 aliphatic carbocycles. The van der Waals surface area contributed by atoms with E-state index in [1.165, 1.54) is 141 Å². The highest BCUT2D eigenvalue weighted by molar-refractivity contribution is 4.90. The number of ether oxygens (including phenoxy) is 7. The van der Waals surface area contributed by atoms with Crippen LogP contribution in [0.25, 0.3) is 0 Å². The smallest absolute Gasteiger partial charge is 0.180 e. The lowest BCUT2D eigenvalue weighted by molar-refractivity contribution is -0.208. The maximum atomic E-state index is 6.58. The lowest BCUT2D eigenvalue weighted by atomic mass is 10.2. The maximum absolute atomic E-state index is 6.58. The van der Waals surface area contributed by atoms with Crippen molar-refractivity contribution in [3.63, 3.8) is 0 Å². The second-order valence-corrected chi connectivity index (χ2v) is 16.7. The molecule has 2 unspecified atom stereocenters. The predicted molar refractivity (Wildman–Crippen MR) is 252 cm³/mol. The summed E-state index contributed by atoms with van der Waals surface area (Å²) in [4.78, 5) is 0. The highest BCUT2D eigenvalue weighted by Gasteiger charge is 2.15. The van der Waals surface area contributed by atoms with Gasteiger partial charge >= 0.3 is 0 Å². The van der Waals surface area contributed by atoms with Gasteiger partial charge in [0, 0.05) is 39.3 Å². The van der Waals surface area contributed by atoms with Gasteiger partial charge in [-0.2, -0.15) is 0 Å². The fraction of sp³-hybridized carbons (Fsp3) is 0.923. The van der Waals surface area contributed by atoms with Gasteiger partial charge in [-0.05, 0) is 63.5 Å². The second-order valence-electron chi connectivity index (χ2n) is 16.7. The topological polar surface area (TPSA) is 64.6 Å². The van der Waals surface area contributed by atoms with Crippen LogP contribution in [0.1, 0.15) is 247 Å². The SMILES string of the molecule is CCCCCCCOC(CCC=CC(OCCCCCC)OC(C=CCCC(OCCCCCCC)OCCCCCCC)OCCCCCC)OCCCCCCC. The van der Waals surface area contributed by atoms with Gasteiger partial charge < -0.3 is 33.2 Å². The van der Waals surface area contributed by atoms with Gasteiger partial charge in [-0.3, -0.25) is 0 Å². The zero-order valence-electron chi connectivity index (χ0n) is 40.3. The fourth-order valence-corrected chi connectivity index (χ4v) is 6.86. The Balaban J connectivity index is 5.57. The van der Waals surface area contributed by atoms with Crippen molar-refractivity contribution in [2.75, 3.05) is 39.6 Å². The number of allylic oxidation sites excluding steroid dienone is 2. The minimum atomic E-state index is -0.487. The van der Waals surface area contributed by atoms with Gasteiger partial charge in [0.2, 0.25) is 0 Å². The molecule has 352 valence electrons. The first-order valence-corrected chi connectivity index (χ1v) is 25.8. The van der Waals surface area contributed by atoms with E-state index in [1.54, 1.807) is 0 Å². The van der Waals surface area contributed by atoms with Crippen molar-refractivity contribution in [3.05, 3.63) is 24.3 Å². The Morgan fingerprint density at radius 3 is 0.797 bits per heavy atom. The Kier molecular flexibility index (Phi) is 49.2. The number of hydrogen-bond donors (Lipinski definition) is 0. The largest absolute Gasteiger partial charge is 0.353 e. The average Bonchev–Trinajstić information content (AvgIpc) is 3.24. The van der Waals surface area contributed by atoms with Crippen LogP contribution < -0.4 is 0 Å². The molecule has 7 heteroatoms. The monoisotopic (exact) mass is 839 g/mol. The van der Waals surface area contributed by atoms with E-state index in [4.69, 9.17) is 33.2 Å². The molecule has 0 spiro atoms. The first kappa shape index (κ1) is 58.2. The van der Waals surface area contributed by atoms with E-state index >= 15 is 0 Å². The van der Waals surface area contributed by atoms with Crippen molar-refractivity contribution in [1.29, 1.82) is 0 Å². The molecule has 0 bridgehead atoms. The van der Waals surface area contributed by atoms with Gasteiger partial charge in [-0.15, -0.1) is 0 Å². The molecule has 0 aromatic heterocycles. The van der Waals surface area contributed by atoms with Gasteiger partial charge in [0.25, 0.3) is 0 Å². The summed E-state index contributed by atoms with van der Waals surface area (Å²) >= 11 is 0. The first-order valence-electron chi connectivity index (χ1n) is 25.8. The predicted octanol–water partition coefficient (Wildman–Crippen LogP) is 16.1. The van der Waals surface area contributed by atoms with Crippen LogP contribution in [0.2, 0.25) is 0 Å². The average molecular weight is 839 g/mol. The van der Waals surface area contributed by atoms with Gasteiger partial charge in [0.15, 0.2) is 25.2 Å². The third-order valence-electron chi connectivity index (χ3n) is 10.8. The van der Waals surface area contributed by atoms with E-state index in [1.807, 2.05) is 0 Å². The van der Waals surface area contributed by atoms with Gasteiger partial charge in [0.05, 0.1) is 13.2 Å². The molecule has 0 heterocycles. The van der Waals surface area contributed by atoms with Crippen molar-refractivity contribution in [2.45, 2.75) is 272 Å². The fourth-order valence-electron chi connectivity index (χ4n) is 6.86. The maximum Gasteiger partial charge on any atom is 0.180 e. The van der Waals surface area contributed by atoms with E-state index in [2.05, 4.69) is 65.8 Å². The van der Waals surface area contributed by atoms with E-state index < -0.39 is 12.6 Å². The van der Waals surface area contributed by atoms with Crippen LogP contribution >= 0.6 is 0 Å². The molecule has 2 atom stereocenters. The zero-order chi connectivity index (χ0) is 43.0. The third-order valence-corrected chi connectivity index (χ3v) is 10.8. The molecule has 0 saturated carbocycles. The minimum Gasteiger partial charge on any atom is -0.353 e. The molecular formula is C52H102O7. The summed E-state index contributed by atoms with van der Waals surface area (Å²) in [6.07, 6.45) is 44.4. The Hall–Kier alpha value is -0.800. The van der Waals surface area contributed by atoms with Crippen molar-refractivity contribution in [2.24, 2.45) is 0 Å². The summed E-state index contributed by atoms with van der Waals surface area (Å²) in [5.41, 5.74) is 0. The lowest BCUT2D eigenvalue weighted by Crippen LogP contribution is -2.25. The number of unbranched alkanes of at least 4 members (excludes halogenated alkanes) is 22. The van der Waals surface area contributed by atoms with Crippen LogP contribution in [0.5, 0.6) is 0 Å². The van der Waals surface area contributed by atoms with Crippen LogP contribution in [-0.2, 0) is 33.2 Å². The number of hydrogen-bond acceptors (Lipinski definition) is 7. The quantitative estimate of drug-likeness (QED) is 0.0343. The normalized spacial score (nSPS) is 13.3. The molecule has 0 aromatic carbocycles. The summed E-state index contributed by atoms with van der Waals surface area (Å²) in [7, 11) is 0. The van der Waals surface area contributed by atoms with Crippen molar-refractivity contribution in [1.82, 2.24) is 0 Å². The number of rotatable bonds is 50. The Bertz CT molecular complexity index is 738. The molecule has 0 aliphatic heterocycles. The van der Waals surface area contributed by atoms with Gasteiger partial charge in [-0.1, -0.05) is 195 Å². The molecular weight excluding hydrogens is 737 g/mol. The van der Waals surface area contributed by atoms with Crippen molar-refractivity contribution in [3.8, 4) is 0 Å². The molecule has 0 N–H and O–H groups in total. The summed E-state index contributed by atoms with van der Waals surface area (Å²) in [6.45, 7) is 17.9. The molecule has 0 radical (unpaired) electrons. The molecule has 0 fully saturated rings. The lowest BCUT2D eigenvalue weighted by Gasteiger charge is -2.22. The highest BCUT2D eigenvalue weighted by Crippen LogP contribution is 2.16. The molecule has 7 nitrogen and oxygen atoms in total. The molecule has 0 rings (SSSR count). The van der Waals surface area contributed by atoms with Gasteiger partial charge in [0.1, 0.15) is 0 Å². The summed E-state index contributed by atoms with van der Waals surface area (Å²) < 4.78 is 44.5. The van der Waals surface area contributed by atoms with Crippen molar-refractivity contribution < 1.29 is 33.2 Å². The summed E-state index contributed by atoms with van der Waals surface area (Å²) in [5.74, 6) is 0. The summed E-state index contributed by atoms with van der Waals surface area (Å²) in [6, 6.07) is 0. The molecule has 0 aliphatic rings. The van der Waals surface area contributed by atoms with E-state index in [9.17, 15) is 0 Å². The zero-order valence-corrected chi connectivity index (χ0v) is 40.3.